The summed E-state index contributed by atoms with van der Waals surface area (Å²) < 4.78 is 6.13. The summed E-state index contributed by atoms with van der Waals surface area (Å²) in [4.78, 5) is 34.6. The van der Waals surface area contributed by atoms with Crippen LogP contribution in [0.1, 0.15) is 13.2 Å². The first-order chi connectivity index (χ1) is 9.36. The van der Waals surface area contributed by atoms with Crippen LogP contribution in [0.2, 0.25) is 0 Å². The summed E-state index contributed by atoms with van der Waals surface area (Å²) in [7, 11) is 0. The lowest BCUT2D eigenvalue weighted by Gasteiger charge is -2.17. The van der Waals surface area contributed by atoms with Crippen LogP contribution in [0.5, 0.6) is 0 Å². The zero-order valence-electron chi connectivity index (χ0n) is 10.4. The molecule has 1 aliphatic heterocycles. The third-order valence-electron chi connectivity index (χ3n) is 3.28. The molecule has 0 amide bonds. The zero-order valence-corrected chi connectivity index (χ0v) is 10.4. The summed E-state index contributed by atoms with van der Waals surface area (Å²) in [6, 6.07) is 0. The molecule has 4 atom stereocenters. The van der Waals surface area contributed by atoms with E-state index in [-0.39, 0.29) is 0 Å². The van der Waals surface area contributed by atoms with Crippen molar-refractivity contribution in [1.82, 2.24) is 9.55 Å². The van der Waals surface area contributed by atoms with Gasteiger partial charge in [-0.25, -0.2) is 4.79 Å². The van der Waals surface area contributed by atoms with Gasteiger partial charge in [-0.2, -0.15) is 0 Å². The van der Waals surface area contributed by atoms with Gasteiger partial charge in [0.2, 0.25) is 0 Å². The Morgan fingerprint density at radius 2 is 2.20 bits per heavy atom. The monoisotopic (exact) mass is 287 g/mol. The molecule has 3 N–H and O–H groups in total. The third-order valence-corrected chi connectivity index (χ3v) is 3.28. The van der Waals surface area contributed by atoms with E-state index in [1.807, 2.05) is 4.98 Å². The van der Waals surface area contributed by atoms with Gasteiger partial charge < -0.3 is 14.9 Å². The molecule has 20 heavy (non-hydrogen) atoms. The van der Waals surface area contributed by atoms with Crippen molar-refractivity contribution >= 4 is 5.69 Å². The van der Waals surface area contributed by atoms with E-state index in [4.69, 9.17) is 9.84 Å². The number of nitro groups is 1. The highest BCUT2D eigenvalue weighted by Gasteiger charge is 2.42. The van der Waals surface area contributed by atoms with Crippen molar-refractivity contribution in [3.05, 3.63) is 37.1 Å². The fourth-order valence-electron chi connectivity index (χ4n) is 2.15. The molecule has 2 heterocycles. The standard InChI is InChI=1S/C10H13N3O7/c1-4-7(15)6(3-14)20-9(4)12-2-5(13(18)19)8(16)11-10(12)17/h2,4,6-7,9,14-15H,3H2,1H3,(H,11,16,17)/t4-,6-,7+,9-/m1/s1. The number of nitrogens with one attached hydrogen (secondary N) is 1. The van der Waals surface area contributed by atoms with E-state index in [1.165, 1.54) is 0 Å². The maximum Gasteiger partial charge on any atom is 0.350 e. The Bertz CT molecular complexity index is 636. The van der Waals surface area contributed by atoms with E-state index < -0.39 is 52.8 Å². The van der Waals surface area contributed by atoms with Gasteiger partial charge in [0.1, 0.15) is 12.3 Å². The molecule has 0 saturated carbocycles. The van der Waals surface area contributed by atoms with Crippen LogP contribution in [-0.2, 0) is 4.74 Å². The van der Waals surface area contributed by atoms with E-state index in [0.29, 0.717) is 0 Å². The van der Waals surface area contributed by atoms with Crippen LogP contribution < -0.4 is 11.2 Å². The molecule has 1 aliphatic rings. The van der Waals surface area contributed by atoms with Gasteiger partial charge in [-0.15, -0.1) is 0 Å². The van der Waals surface area contributed by atoms with E-state index in [0.717, 1.165) is 10.8 Å². The molecular weight excluding hydrogens is 274 g/mol. The number of aromatic amines is 1. The maximum atomic E-state index is 11.7. The normalized spacial score (nSPS) is 29.6. The van der Waals surface area contributed by atoms with Crippen LogP contribution in [0.25, 0.3) is 0 Å². The highest BCUT2D eigenvalue weighted by molar-refractivity contribution is 5.21. The van der Waals surface area contributed by atoms with Crippen molar-refractivity contribution in [1.29, 1.82) is 0 Å². The van der Waals surface area contributed by atoms with E-state index in [2.05, 4.69) is 0 Å². The first kappa shape index (κ1) is 14.4. The van der Waals surface area contributed by atoms with E-state index in [9.17, 15) is 24.8 Å². The predicted molar refractivity (Wildman–Crippen MR) is 64.1 cm³/mol. The van der Waals surface area contributed by atoms with Gasteiger partial charge in [0, 0.05) is 5.92 Å². The average molecular weight is 287 g/mol. The number of aliphatic hydroxyl groups excluding tert-OH is 2. The fourth-order valence-corrected chi connectivity index (χ4v) is 2.15. The van der Waals surface area contributed by atoms with Crippen LogP contribution in [0.4, 0.5) is 5.69 Å². The van der Waals surface area contributed by atoms with E-state index in [1.54, 1.807) is 6.92 Å². The minimum absolute atomic E-state index is 0.456. The number of nitrogens with zero attached hydrogens (tertiary/aromatic N) is 2. The molecule has 0 radical (unpaired) electrons. The maximum absolute atomic E-state index is 11.7. The number of ether oxygens (including phenoxy) is 1. The summed E-state index contributed by atoms with van der Waals surface area (Å²) in [6.07, 6.45) is -2.16. The molecule has 2 rings (SSSR count). The van der Waals surface area contributed by atoms with Gasteiger partial charge in [-0.3, -0.25) is 24.5 Å². The molecule has 10 heteroatoms. The Morgan fingerprint density at radius 3 is 2.70 bits per heavy atom. The summed E-state index contributed by atoms with van der Waals surface area (Å²) in [5.41, 5.74) is -2.80. The summed E-state index contributed by atoms with van der Waals surface area (Å²) in [6.45, 7) is 1.11. The van der Waals surface area contributed by atoms with Gasteiger partial charge in [0.15, 0.2) is 0 Å². The summed E-state index contributed by atoms with van der Waals surface area (Å²) in [5.74, 6) is -0.588. The molecule has 0 spiro atoms. The molecule has 10 nitrogen and oxygen atoms in total. The molecule has 1 aromatic rings. The lowest BCUT2D eigenvalue weighted by molar-refractivity contribution is -0.387. The van der Waals surface area contributed by atoms with Gasteiger partial charge in [-0.1, -0.05) is 6.92 Å². The van der Waals surface area contributed by atoms with Gasteiger partial charge >= 0.3 is 16.9 Å². The second kappa shape index (κ2) is 5.15. The van der Waals surface area contributed by atoms with Crippen molar-refractivity contribution < 1.29 is 19.9 Å². The van der Waals surface area contributed by atoms with Gasteiger partial charge in [-0.05, 0) is 0 Å². The first-order valence-corrected chi connectivity index (χ1v) is 5.81. The number of rotatable bonds is 3. The molecule has 0 aromatic carbocycles. The van der Waals surface area contributed by atoms with Crippen molar-refractivity contribution in [3.63, 3.8) is 0 Å². The molecule has 0 bridgehead atoms. The smallest absolute Gasteiger partial charge is 0.350 e. The SMILES string of the molecule is C[C@@H]1[C@H](O)[C@@H](CO)O[C@H]1n1cc([N+](=O)[O-])c(=O)[nH]c1=O. The van der Waals surface area contributed by atoms with Crippen LogP contribution in [0.3, 0.4) is 0 Å². The first-order valence-electron chi connectivity index (χ1n) is 5.81. The van der Waals surface area contributed by atoms with Crippen LogP contribution in [0, 0.1) is 16.0 Å². The number of hydrogen-bond donors (Lipinski definition) is 3. The number of aromatic nitrogens is 2. The lowest BCUT2D eigenvalue weighted by Crippen LogP contribution is -2.35. The fraction of sp³-hybridized carbons (Fsp3) is 0.600. The summed E-state index contributed by atoms with van der Waals surface area (Å²) in [5, 5.41) is 29.6. The van der Waals surface area contributed by atoms with Crippen LogP contribution >= 0.6 is 0 Å². The Kier molecular flexibility index (Phi) is 3.70. The summed E-state index contributed by atoms with van der Waals surface area (Å²) >= 11 is 0. The molecule has 0 aliphatic carbocycles. The van der Waals surface area contributed by atoms with Crippen LogP contribution in [-0.4, -0.2) is 43.5 Å². The quantitative estimate of drug-likeness (QED) is 0.444. The molecule has 1 aromatic heterocycles. The Morgan fingerprint density at radius 1 is 1.55 bits per heavy atom. The number of H-pyrrole nitrogens is 1. The van der Waals surface area contributed by atoms with Crippen LogP contribution in [0.15, 0.2) is 15.8 Å². The Hall–Kier alpha value is -2.04. The number of hydrogen-bond acceptors (Lipinski definition) is 7. The molecular formula is C10H13N3O7. The third kappa shape index (κ3) is 2.24. The average Bonchev–Trinajstić information content (AvgIpc) is 2.66. The molecule has 0 unspecified atom stereocenters. The highest BCUT2D eigenvalue weighted by Crippen LogP contribution is 2.33. The van der Waals surface area contributed by atoms with Crippen molar-refractivity contribution in [2.24, 2.45) is 5.92 Å². The second-order valence-corrected chi connectivity index (χ2v) is 4.54. The van der Waals surface area contributed by atoms with Crippen molar-refractivity contribution in [3.8, 4) is 0 Å². The molecule has 1 saturated heterocycles. The zero-order chi connectivity index (χ0) is 15.0. The topological polar surface area (TPSA) is 148 Å². The minimum Gasteiger partial charge on any atom is -0.394 e. The molecule has 110 valence electrons. The van der Waals surface area contributed by atoms with Crippen molar-refractivity contribution in [2.45, 2.75) is 25.4 Å². The highest BCUT2D eigenvalue weighted by atomic mass is 16.6. The Balaban J connectivity index is 2.48. The van der Waals surface area contributed by atoms with Gasteiger partial charge in [0.25, 0.3) is 0 Å². The molecule has 1 fully saturated rings. The minimum atomic E-state index is -1.11. The lowest BCUT2D eigenvalue weighted by atomic mass is 10.0. The van der Waals surface area contributed by atoms with Crippen molar-refractivity contribution in [2.75, 3.05) is 6.61 Å². The van der Waals surface area contributed by atoms with E-state index >= 15 is 0 Å². The van der Waals surface area contributed by atoms with Gasteiger partial charge in [0.05, 0.1) is 23.8 Å². The largest absolute Gasteiger partial charge is 0.394 e. The second-order valence-electron chi connectivity index (χ2n) is 4.54. The Labute approximate surface area is 111 Å². The number of aliphatic hydroxyl groups is 2. The predicted octanol–water partition coefficient (Wildman–Crippen LogP) is -1.67.